The zero-order valence-electron chi connectivity index (χ0n) is 16.3. The summed E-state index contributed by atoms with van der Waals surface area (Å²) >= 11 is 0. The monoisotopic (exact) mass is 379 g/mol. The van der Waals surface area contributed by atoms with E-state index in [1.807, 2.05) is 0 Å². The molecule has 2 aliphatic heterocycles. The molecule has 0 aromatic rings. The lowest BCUT2D eigenvalue weighted by atomic mass is 9.77. The van der Waals surface area contributed by atoms with Crippen LogP contribution in [0.25, 0.3) is 0 Å². The van der Waals surface area contributed by atoms with Gasteiger partial charge in [-0.3, -0.25) is 15.0 Å². The van der Waals surface area contributed by atoms with Gasteiger partial charge < -0.3 is 15.1 Å². The van der Waals surface area contributed by atoms with Crippen molar-refractivity contribution in [2.45, 2.75) is 51.0 Å². The lowest BCUT2D eigenvalue weighted by Gasteiger charge is -2.34. The second kappa shape index (κ2) is 7.36. The van der Waals surface area contributed by atoms with Crippen molar-refractivity contribution in [3.05, 3.63) is 0 Å². The molecular formula is C18H29N5O4. The quantitative estimate of drug-likeness (QED) is 0.696. The average Bonchev–Trinajstić information content (AvgIpc) is 2.88. The molecule has 9 heteroatoms. The van der Waals surface area contributed by atoms with Crippen LogP contribution in [0.15, 0.2) is 0 Å². The van der Waals surface area contributed by atoms with Gasteiger partial charge in [0.1, 0.15) is 5.54 Å². The third-order valence-electron chi connectivity index (χ3n) is 6.03. The molecule has 1 aliphatic carbocycles. The Morgan fingerprint density at radius 3 is 2.26 bits per heavy atom. The van der Waals surface area contributed by atoms with Crippen molar-refractivity contribution >= 4 is 23.9 Å². The number of rotatable bonds is 2. The first kappa shape index (κ1) is 19.4. The van der Waals surface area contributed by atoms with E-state index in [2.05, 4.69) is 17.7 Å². The van der Waals surface area contributed by atoms with Crippen LogP contribution in [0.4, 0.5) is 9.59 Å². The molecular weight excluding hydrogens is 350 g/mol. The molecule has 1 saturated carbocycles. The largest absolute Gasteiger partial charge is 0.344 e. The summed E-state index contributed by atoms with van der Waals surface area (Å²) in [6, 6.07) is -0.625. The normalized spacial score (nSPS) is 29.1. The standard InChI is InChI=1S/C18H29N5O4/c1-12-4-8-18(9-5-12)15(25)23(16(26)19-18)20-14(24)13-6-10-22(11-7-13)17(27)21(2)3/h12-13H,4-11H2,1-3H3,(H,19,26)(H,20,24). The molecule has 0 bridgehead atoms. The van der Waals surface area contributed by atoms with Gasteiger partial charge in [0.25, 0.3) is 5.91 Å². The van der Waals surface area contributed by atoms with E-state index in [0.29, 0.717) is 44.7 Å². The topological polar surface area (TPSA) is 102 Å². The van der Waals surface area contributed by atoms with E-state index in [9.17, 15) is 19.2 Å². The highest BCUT2D eigenvalue weighted by Gasteiger charge is 2.53. The minimum Gasteiger partial charge on any atom is -0.331 e. The highest BCUT2D eigenvalue weighted by molar-refractivity contribution is 6.08. The Labute approximate surface area is 159 Å². The molecule has 3 rings (SSSR count). The zero-order chi connectivity index (χ0) is 19.8. The van der Waals surface area contributed by atoms with Crippen LogP contribution >= 0.6 is 0 Å². The van der Waals surface area contributed by atoms with Crippen molar-refractivity contribution in [2.24, 2.45) is 11.8 Å². The number of carbonyl (C=O) groups is 4. The molecule has 2 N–H and O–H groups in total. The van der Waals surface area contributed by atoms with Crippen LogP contribution < -0.4 is 10.7 Å². The molecule has 0 aromatic carbocycles. The van der Waals surface area contributed by atoms with Crippen molar-refractivity contribution in [3.8, 4) is 0 Å². The third kappa shape index (κ3) is 3.72. The fourth-order valence-corrected chi connectivity index (χ4v) is 4.13. The maximum Gasteiger partial charge on any atom is 0.344 e. The lowest BCUT2D eigenvalue weighted by molar-refractivity contribution is -0.142. The van der Waals surface area contributed by atoms with E-state index < -0.39 is 11.6 Å². The van der Waals surface area contributed by atoms with Crippen LogP contribution in [-0.2, 0) is 9.59 Å². The van der Waals surface area contributed by atoms with Crippen molar-refractivity contribution in [2.75, 3.05) is 27.2 Å². The minimum absolute atomic E-state index is 0.0728. The Kier molecular flexibility index (Phi) is 5.30. The number of nitrogens with one attached hydrogen (secondary N) is 2. The van der Waals surface area contributed by atoms with E-state index >= 15 is 0 Å². The Morgan fingerprint density at radius 1 is 1.11 bits per heavy atom. The SMILES string of the molecule is CC1CCC2(CC1)NC(=O)N(NC(=O)C1CCN(C(=O)N(C)C)CC1)C2=O. The van der Waals surface area contributed by atoms with E-state index in [1.54, 1.807) is 19.0 Å². The van der Waals surface area contributed by atoms with Gasteiger partial charge in [0.15, 0.2) is 0 Å². The number of hydrogen-bond donors (Lipinski definition) is 2. The number of hydrogen-bond acceptors (Lipinski definition) is 4. The summed E-state index contributed by atoms with van der Waals surface area (Å²) < 4.78 is 0. The van der Waals surface area contributed by atoms with Gasteiger partial charge in [-0.05, 0) is 44.4 Å². The Morgan fingerprint density at radius 2 is 1.70 bits per heavy atom. The first-order valence-electron chi connectivity index (χ1n) is 9.67. The number of carbonyl (C=O) groups excluding carboxylic acids is 4. The summed E-state index contributed by atoms with van der Waals surface area (Å²) in [5.74, 6) is -0.469. The Hall–Kier alpha value is -2.32. The van der Waals surface area contributed by atoms with Gasteiger partial charge in [0, 0.05) is 33.1 Å². The fraction of sp³-hybridized carbons (Fsp3) is 0.778. The molecule has 150 valence electrons. The molecule has 0 unspecified atom stereocenters. The molecule has 0 radical (unpaired) electrons. The van der Waals surface area contributed by atoms with Gasteiger partial charge in [0.2, 0.25) is 5.91 Å². The Balaban J connectivity index is 1.56. The van der Waals surface area contributed by atoms with Crippen molar-refractivity contribution in [1.29, 1.82) is 0 Å². The third-order valence-corrected chi connectivity index (χ3v) is 6.03. The number of urea groups is 2. The number of piperidine rings is 1. The molecule has 3 aliphatic rings. The zero-order valence-corrected chi connectivity index (χ0v) is 16.3. The van der Waals surface area contributed by atoms with E-state index in [-0.39, 0.29) is 23.8 Å². The predicted octanol–water partition coefficient (Wildman–Crippen LogP) is 0.912. The molecule has 0 aromatic heterocycles. The van der Waals surface area contributed by atoms with Gasteiger partial charge in [-0.1, -0.05) is 6.92 Å². The summed E-state index contributed by atoms with van der Waals surface area (Å²) in [4.78, 5) is 52.9. The lowest BCUT2D eigenvalue weighted by Crippen LogP contribution is -2.53. The number of imide groups is 1. The van der Waals surface area contributed by atoms with Crippen LogP contribution in [-0.4, -0.2) is 71.4 Å². The maximum atomic E-state index is 12.8. The molecule has 0 atom stereocenters. The summed E-state index contributed by atoms with van der Waals surface area (Å²) in [7, 11) is 3.39. The predicted molar refractivity (Wildman–Crippen MR) is 97.3 cm³/mol. The first-order chi connectivity index (χ1) is 12.7. The number of nitrogens with zero attached hydrogens (tertiary/aromatic N) is 3. The van der Waals surface area contributed by atoms with Crippen LogP contribution in [0.3, 0.4) is 0 Å². The summed E-state index contributed by atoms with van der Waals surface area (Å²) in [5.41, 5.74) is 1.65. The summed E-state index contributed by atoms with van der Waals surface area (Å²) in [6.45, 7) is 3.11. The molecule has 2 saturated heterocycles. The van der Waals surface area contributed by atoms with Gasteiger partial charge in [-0.25, -0.2) is 9.59 Å². The van der Waals surface area contributed by atoms with Crippen LogP contribution in [0.1, 0.15) is 45.4 Å². The van der Waals surface area contributed by atoms with Crippen molar-refractivity contribution < 1.29 is 19.2 Å². The van der Waals surface area contributed by atoms with Gasteiger partial charge >= 0.3 is 12.1 Å². The fourth-order valence-electron chi connectivity index (χ4n) is 4.13. The minimum atomic E-state index is -0.863. The number of amides is 6. The van der Waals surface area contributed by atoms with Crippen LogP contribution in [0, 0.1) is 11.8 Å². The molecule has 1 spiro atoms. The second-order valence-electron chi connectivity index (χ2n) is 8.25. The molecule has 6 amide bonds. The smallest absolute Gasteiger partial charge is 0.331 e. The number of likely N-dealkylation sites (tertiary alicyclic amines) is 1. The highest BCUT2D eigenvalue weighted by atomic mass is 16.2. The maximum absolute atomic E-state index is 12.8. The van der Waals surface area contributed by atoms with Gasteiger partial charge in [-0.2, -0.15) is 5.01 Å². The molecule has 9 nitrogen and oxygen atoms in total. The van der Waals surface area contributed by atoms with Gasteiger partial charge in [0.05, 0.1) is 0 Å². The second-order valence-corrected chi connectivity index (χ2v) is 8.25. The van der Waals surface area contributed by atoms with Crippen LogP contribution in [0.5, 0.6) is 0 Å². The van der Waals surface area contributed by atoms with E-state index in [0.717, 1.165) is 17.9 Å². The van der Waals surface area contributed by atoms with E-state index in [1.165, 1.54) is 4.90 Å². The summed E-state index contributed by atoms with van der Waals surface area (Å²) in [5, 5.41) is 3.65. The molecule has 2 heterocycles. The highest BCUT2D eigenvalue weighted by Crippen LogP contribution is 2.35. The summed E-state index contributed by atoms with van der Waals surface area (Å²) in [6.07, 6.45) is 4.00. The molecule has 3 fully saturated rings. The van der Waals surface area contributed by atoms with Crippen LogP contribution in [0.2, 0.25) is 0 Å². The van der Waals surface area contributed by atoms with Gasteiger partial charge in [-0.15, -0.1) is 0 Å². The van der Waals surface area contributed by atoms with Crippen molar-refractivity contribution in [1.82, 2.24) is 25.6 Å². The Bertz CT molecular complexity index is 634. The van der Waals surface area contributed by atoms with E-state index in [4.69, 9.17) is 0 Å². The average molecular weight is 379 g/mol. The van der Waals surface area contributed by atoms with Crippen molar-refractivity contribution in [3.63, 3.8) is 0 Å². The molecule has 27 heavy (non-hydrogen) atoms. The number of hydrazine groups is 1. The first-order valence-corrected chi connectivity index (χ1v) is 9.67.